The van der Waals surface area contributed by atoms with Gasteiger partial charge in [-0.25, -0.2) is 0 Å². The molecule has 1 rings (SSSR count). The Balaban J connectivity index is 3.08. The largest absolute Gasteiger partial charge is 0.495 e. The molecule has 1 aromatic carbocycles. The molecule has 4 heteroatoms. The number of methoxy groups -OCH3 is 1. The van der Waals surface area contributed by atoms with Gasteiger partial charge in [-0.05, 0) is 24.1 Å². The third kappa shape index (κ3) is 3.11. The molecule has 0 radical (unpaired) electrons. The van der Waals surface area contributed by atoms with Crippen LogP contribution in [0.2, 0.25) is 0 Å². The molecule has 0 aliphatic rings. The second-order valence-corrected chi connectivity index (χ2v) is 3.99. The van der Waals surface area contributed by atoms with Crippen LogP contribution in [0.5, 0.6) is 5.75 Å². The number of aliphatic hydroxyl groups excluding tert-OH is 2. The van der Waals surface area contributed by atoms with E-state index in [4.69, 9.17) is 4.74 Å². The van der Waals surface area contributed by atoms with Crippen LogP contribution in [0.4, 0.5) is 5.69 Å². The first-order chi connectivity index (χ1) is 8.17. The van der Waals surface area contributed by atoms with Gasteiger partial charge in [-0.2, -0.15) is 0 Å². The summed E-state index contributed by atoms with van der Waals surface area (Å²) in [5.74, 6) is 0.747. The fourth-order valence-electron chi connectivity index (χ4n) is 1.73. The minimum Gasteiger partial charge on any atom is -0.495 e. The molecule has 0 aromatic heterocycles. The molecule has 96 valence electrons. The van der Waals surface area contributed by atoms with Gasteiger partial charge >= 0.3 is 0 Å². The van der Waals surface area contributed by atoms with Gasteiger partial charge in [0.15, 0.2) is 0 Å². The molecule has 0 aliphatic heterocycles. The SMILES string of the molecule is CCc1ccc(OC)c(N(C)C(CO)CO)c1. The number of nitrogens with zero attached hydrogens (tertiary/aromatic N) is 1. The lowest BCUT2D eigenvalue weighted by Gasteiger charge is -2.28. The predicted octanol–water partition coefficient (Wildman–Crippen LogP) is 1.05. The zero-order valence-corrected chi connectivity index (χ0v) is 10.7. The number of ether oxygens (including phenoxy) is 1. The molecule has 0 spiro atoms. The van der Waals surface area contributed by atoms with Crippen molar-refractivity contribution >= 4 is 5.69 Å². The van der Waals surface area contributed by atoms with Crippen LogP contribution in [-0.2, 0) is 6.42 Å². The molecule has 0 amide bonds. The number of hydrogen-bond donors (Lipinski definition) is 2. The quantitative estimate of drug-likeness (QED) is 0.779. The molecule has 0 unspecified atom stereocenters. The van der Waals surface area contributed by atoms with Gasteiger partial charge in [-0.1, -0.05) is 13.0 Å². The molecule has 0 atom stereocenters. The van der Waals surface area contributed by atoms with Crippen molar-refractivity contribution in [3.63, 3.8) is 0 Å². The number of rotatable bonds is 6. The van der Waals surface area contributed by atoms with Crippen LogP contribution in [0, 0.1) is 0 Å². The average Bonchev–Trinajstić information content (AvgIpc) is 2.39. The summed E-state index contributed by atoms with van der Waals surface area (Å²) in [6.07, 6.45) is 0.938. The Kier molecular flexibility index (Phi) is 5.25. The van der Waals surface area contributed by atoms with Crippen molar-refractivity contribution in [2.45, 2.75) is 19.4 Å². The van der Waals surface area contributed by atoms with Gasteiger partial charge in [0.1, 0.15) is 5.75 Å². The molecule has 4 nitrogen and oxygen atoms in total. The van der Waals surface area contributed by atoms with Crippen molar-refractivity contribution in [2.24, 2.45) is 0 Å². The van der Waals surface area contributed by atoms with Gasteiger partial charge in [-0.15, -0.1) is 0 Å². The number of aryl methyl sites for hydroxylation is 1. The van der Waals surface area contributed by atoms with Crippen molar-refractivity contribution in [3.05, 3.63) is 23.8 Å². The molecule has 0 saturated carbocycles. The highest BCUT2D eigenvalue weighted by Gasteiger charge is 2.17. The fraction of sp³-hybridized carbons (Fsp3) is 0.538. The first-order valence-electron chi connectivity index (χ1n) is 5.79. The molecular formula is C13H21NO3. The number of likely N-dealkylation sites (N-methyl/N-ethyl adjacent to an activating group) is 1. The molecule has 0 heterocycles. The second kappa shape index (κ2) is 6.47. The monoisotopic (exact) mass is 239 g/mol. The van der Waals surface area contributed by atoms with Gasteiger partial charge in [0.2, 0.25) is 0 Å². The summed E-state index contributed by atoms with van der Waals surface area (Å²) >= 11 is 0. The lowest BCUT2D eigenvalue weighted by atomic mass is 10.1. The molecule has 2 N–H and O–H groups in total. The third-order valence-electron chi connectivity index (χ3n) is 3.00. The van der Waals surface area contributed by atoms with Crippen LogP contribution in [0.25, 0.3) is 0 Å². The molecule has 0 bridgehead atoms. The Labute approximate surface area is 102 Å². The maximum atomic E-state index is 9.21. The topological polar surface area (TPSA) is 52.9 Å². The summed E-state index contributed by atoms with van der Waals surface area (Å²) in [4.78, 5) is 1.85. The maximum Gasteiger partial charge on any atom is 0.142 e. The molecule has 17 heavy (non-hydrogen) atoms. The zero-order valence-electron chi connectivity index (χ0n) is 10.7. The Bertz CT molecular complexity index is 351. The van der Waals surface area contributed by atoms with Gasteiger partial charge in [0.05, 0.1) is 32.1 Å². The van der Waals surface area contributed by atoms with Crippen molar-refractivity contribution in [3.8, 4) is 5.75 Å². The summed E-state index contributed by atoms with van der Waals surface area (Å²) in [5, 5.41) is 18.4. The van der Waals surface area contributed by atoms with Crippen molar-refractivity contribution in [1.82, 2.24) is 0 Å². The lowest BCUT2D eigenvalue weighted by Crippen LogP contribution is -2.38. The highest BCUT2D eigenvalue weighted by Crippen LogP contribution is 2.29. The molecule has 0 aliphatic carbocycles. The molecular weight excluding hydrogens is 218 g/mol. The summed E-state index contributed by atoms with van der Waals surface area (Å²) in [6, 6.07) is 5.65. The fourth-order valence-corrected chi connectivity index (χ4v) is 1.73. The van der Waals surface area contributed by atoms with E-state index in [2.05, 4.69) is 6.92 Å². The van der Waals surface area contributed by atoms with Gasteiger partial charge in [-0.3, -0.25) is 0 Å². The van der Waals surface area contributed by atoms with E-state index in [1.165, 1.54) is 5.56 Å². The van der Waals surface area contributed by atoms with Crippen molar-refractivity contribution < 1.29 is 14.9 Å². The van der Waals surface area contributed by atoms with E-state index >= 15 is 0 Å². The highest BCUT2D eigenvalue weighted by molar-refractivity contribution is 5.60. The molecule has 1 aromatic rings. The Morgan fingerprint density at radius 2 is 1.94 bits per heavy atom. The zero-order chi connectivity index (χ0) is 12.8. The summed E-state index contributed by atoms with van der Waals surface area (Å²) in [5.41, 5.74) is 2.09. The minimum absolute atomic E-state index is 0.0908. The third-order valence-corrected chi connectivity index (χ3v) is 3.00. The summed E-state index contributed by atoms with van der Waals surface area (Å²) in [7, 11) is 3.46. The lowest BCUT2D eigenvalue weighted by molar-refractivity contribution is 0.190. The molecule has 0 fully saturated rings. The normalized spacial score (nSPS) is 10.7. The smallest absolute Gasteiger partial charge is 0.142 e. The van der Waals surface area contributed by atoms with E-state index in [-0.39, 0.29) is 19.3 Å². The van der Waals surface area contributed by atoms with E-state index in [1.54, 1.807) is 7.11 Å². The van der Waals surface area contributed by atoms with E-state index < -0.39 is 0 Å². The number of hydrogen-bond acceptors (Lipinski definition) is 4. The minimum atomic E-state index is -0.309. The van der Waals surface area contributed by atoms with Crippen molar-refractivity contribution in [2.75, 3.05) is 32.3 Å². The predicted molar refractivity (Wildman–Crippen MR) is 68.7 cm³/mol. The Morgan fingerprint density at radius 3 is 2.41 bits per heavy atom. The van der Waals surface area contributed by atoms with E-state index in [9.17, 15) is 10.2 Å². The van der Waals surface area contributed by atoms with Gasteiger partial charge in [0.25, 0.3) is 0 Å². The van der Waals surface area contributed by atoms with Crippen LogP contribution in [0.1, 0.15) is 12.5 Å². The number of aliphatic hydroxyl groups is 2. The first kappa shape index (κ1) is 13.8. The first-order valence-corrected chi connectivity index (χ1v) is 5.79. The Morgan fingerprint density at radius 1 is 1.29 bits per heavy atom. The number of benzene rings is 1. The van der Waals surface area contributed by atoms with E-state index in [1.807, 2.05) is 30.1 Å². The average molecular weight is 239 g/mol. The maximum absolute atomic E-state index is 9.21. The van der Waals surface area contributed by atoms with Crippen LogP contribution in [-0.4, -0.2) is 43.6 Å². The molecule has 0 saturated heterocycles. The Hall–Kier alpha value is -1.26. The van der Waals surface area contributed by atoms with Crippen LogP contribution in [0.15, 0.2) is 18.2 Å². The van der Waals surface area contributed by atoms with Gasteiger partial charge in [0, 0.05) is 7.05 Å². The summed E-state index contributed by atoms with van der Waals surface area (Å²) in [6.45, 7) is 1.90. The highest BCUT2D eigenvalue weighted by atomic mass is 16.5. The van der Waals surface area contributed by atoms with Crippen LogP contribution in [0.3, 0.4) is 0 Å². The van der Waals surface area contributed by atoms with Gasteiger partial charge < -0.3 is 19.8 Å². The van der Waals surface area contributed by atoms with Crippen molar-refractivity contribution in [1.29, 1.82) is 0 Å². The van der Waals surface area contributed by atoms with E-state index in [0.29, 0.717) is 0 Å². The summed E-state index contributed by atoms with van der Waals surface area (Å²) < 4.78 is 5.30. The second-order valence-electron chi connectivity index (χ2n) is 3.99. The van der Waals surface area contributed by atoms with Crippen LogP contribution < -0.4 is 9.64 Å². The number of anilines is 1. The van der Waals surface area contributed by atoms with E-state index in [0.717, 1.165) is 17.9 Å². The standard InChI is InChI=1S/C13H21NO3/c1-4-10-5-6-13(17-3)12(7-10)14(2)11(8-15)9-16/h5-7,11,15-16H,4,8-9H2,1-3H3. The van der Waals surface area contributed by atoms with Crippen LogP contribution >= 0.6 is 0 Å².